The highest BCUT2D eigenvalue weighted by Gasteiger charge is 2.45. The van der Waals surface area contributed by atoms with Crippen molar-refractivity contribution in [1.82, 2.24) is 4.48 Å². The molecule has 0 fully saturated rings. The summed E-state index contributed by atoms with van der Waals surface area (Å²) in [5, 5.41) is 0. The van der Waals surface area contributed by atoms with Crippen LogP contribution in [-0.4, -0.2) is 20.1 Å². The molecule has 0 spiro atoms. The van der Waals surface area contributed by atoms with Gasteiger partial charge in [0.1, 0.15) is 11.7 Å². The van der Waals surface area contributed by atoms with Crippen LogP contribution in [0.5, 0.6) is 0 Å². The Morgan fingerprint density at radius 1 is 0.826 bits per heavy atom. The van der Waals surface area contributed by atoms with Gasteiger partial charge in [-0.3, -0.25) is 4.48 Å². The number of rotatable bonds is 1. The van der Waals surface area contributed by atoms with Crippen LogP contribution in [0.25, 0.3) is 0 Å². The van der Waals surface area contributed by atoms with Crippen LogP contribution in [0.2, 0.25) is 0 Å². The van der Waals surface area contributed by atoms with E-state index < -0.39 is 10.2 Å². The van der Waals surface area contributed by atoms with E-state index >= 15 is 0 Å². The van der Waals surface area contributed by atoms with E-state index in [0.29, 0.717) is 12.0 Å². The molecule has 124 valence electrons. The van der Waals surface area contributed by atoms with Gasteiger partial charge in [-0.1, -0.05) is 48.5 Å². The minimum Gasteiger partial charge on any atom is -0.293 e. The Bertz CT molecular complexity index is 649. The van der Waals surface area contributed by atoms with Crippen molar-refractivity contribution in [2.45, 2.75) is 18.9 Å². The lowest BCUT2D eigenvalue weighted by molar-refractivity contribution is -2.00. The van der Waals surface area contributed by atoms with Crippen LogP contribution in [0.4, 0.5) is 5.69 Å². The van der Waals surface area contributed by atoms with Crippen LogP contribution >= 0.6 is 0 Å². The average Bonchev–Trinajstić information content (AvgIpc) is 2.66. The van der Waals surface area contributed by atoms with Gasteiger partial charge in [-0.05, 0) is 18.6 Å². The highest BCUT2D eigenvalue weighted by atomic mass is 35.7. The molecule has 0 N–H and O–H groups in total. The van der Waals surface area contributed by atoms with Gasteiger partial charge in [0, 0.05) is 5.56 Å². The number of likely N-dealkylation sites (N-methyl/N-ethyl adjacent to an activating group) is 1. The fourth-order valence-corrected chi connectivity index (χ4v) is 3.25. The number of hydrogen-bond donors (Lipinski definition) is 0. The first kappa shape index (κ1) is 17.9. The van der Waals surface area contributed by atoms with E-state index in [0.717, 1.165) is 4.48 Å². The minimum absolute atomic E-state index is 0.511. The fourth-order valence-electron chi connectivity index (χ4n) is 3.25. The van der Waals surface area contributed by atoms with E-state index in [1.807, 2.05) is 0 Å². The third-order valence-electron chi connectivity index (χ3n) is 4.55. The molecule has 1 aliphatic rings. The number of quaternary nitrogens is 1. The van der Waals surface area contributed by atoms with E-state index in [4.69, 9.17) is 18.6 Å². The fraction of sp³-hybridized carbons (Fsp3) is 0.294. The molecule has 5 nitrogen and oxygen atoms in total. The summed E-state index contributed by atoms with van der Waals surface area (Å²) in [7, 11) is -0.321. The van der Waals surface area contributed by atoms with Gasteiger partial charge in [0.15, 0.2) is 0 Å². The van der Waals surface area contributed by atoms with Crippen LogP contribution in [-0.2, 0) is 0 Å². The van der Waals surface area contributed by atoms with Crippen LogP contribution in [0.3, 0.4) is 0 Å². The van der Waals surface area contributed by atoms with Gasteiger partial charge in [-0.2, -0.15) is 0 Å². The number of halogens is 1. The Kier molecular flexibility index (Phi) is 5.10. The smallest absolute Gasteiger partial charge is 0.136 e. The van der Waals surface area contributed by atoms with Crippen LogP contribution < -0.4 is 23.1 Å². The van der Waals surface area contributed by atoms with Gasteiger partial charge in [-0.25, -0.2) is 18.6 Å². The molecule has 6 heteroatoms. The SMILES string of the molecule is CC1C(c2ccccc2)c2ccccc2[N+]1(C)C.[O-][Cl+3]([O-])([O-])[O-]. The van der Waals surface area contributed by atoms with Crippen molar-refractivity contribution in [2.75, 3.05) is 14.1 Å². The van der Waals surface area contributed by atoms with Gasteiger partial charge >= 0.3 is 0 Å². The summed E-state index contributed by atoms with van der Waals surface area (Å²) in [6.45, 7) is 2.36. The van der Waals surface area contributed by atoms with Crippen molar-refractivity contribution in [3.63, 3.8) is 0 Å². The molecule has 1 heterocycles. The molecule has 0 amide bonds. The Morgan fingerprint density at radius 2 is 1.30 bits per heavy atom. The van der Waals surface area contributed by atoms with Crippen molar-refractivity contribution in [1.29, 1.82) is 0 Å². The third kappa shape index (κ3) is 4.09. The molecule has 2 unspecified atom stereocenters. The molecule has 23 heavy (non-hydrogen) atoms. The van der Waals surface area contributed by atoms with Gasteiger partial charge < -0.3 is 0 Å². The quantitative estimate of drug-likeness (QED) is 0.626. The van der Waals surface area contributed by atoms with Gasteiger partial charge in [0.05, 0.1) is 20.0 Å². The third-order valence-corrected chi connectivity index (χ3v) is 4.55. The second-order valence-corrected chi connectivity index (χ2v) is 6.86. The van der Waals surface area contributed by atoms with E-state index in [1.54, 1.807) is 0 Å². The summed E-state index contributed by atoms with van der Waals surface area (Å²) in [5.41, 5.74) is 4.38. The lowest BCUT2D eigenvalue weighted by Crippen LogP contribution is -2.68. The molecule has 2 aromatic rings. The Hall–Kier alpha value is -1.47. The zero-order valence-electron chi connectivity index (χ0n) is 13.3. The van der Waals surface area contributed by atoms with Crippen molar-refractivity contribution >= 4 is 5.69 Å². The summed E-state index contributed by atoms with van der Waals surface area (Å²) < 4.78 is 34.9. The average molecular weight is 338 g/mol. The molecular weight excluding hydrogens is 318 g/mol. The van der Waals surface area contributed by atoms with E-state index in [2.05, 4.69) is 75.6 Å². The maximum atomic E-state index is 8.49. The molecule has 2 atom stereocenters. The van der Waals surface area contributed by atoms with Crippen LogP contribution in [0.1, 0.15) is 24.0 Å². The molecule has 0 aromatic heterocycles. The van der Waals surface area contributed by atoms with E-state index in [1.165, 1.54) is 16.8 Å². The molecule has 0 saturated heterocycles. The number of para-hydroxylation sites is 1. The molecule has 0 radical (unpaired) electrons. The maximum absolute atomic E-state index is 8.49. The first-order valence-corrected chi connectivity index (χ1v) is 8.45. The van der Waals surface area contributed by atoms with Crippen molar-refractivity contribution < 1.29 is 28.9 Å². The second kappa shape index (κ2) is 6.57. The number of hydrogen-bond acceptors (Lipinski definition) is 4. The Morgan fingerprint density at radius 3 is 1.87 bits per heavy atom. The van der Waals surface area contributed by atoms with Crippen molar-refractivity contribution in [3.8, 4) is 0 Å². The minimum atomic E-state index is -4.94. The zero-order valence-corrected chi connectivity index (χ0v) is 14.1. The largest absolute Gasteiger partial charge is 0.293 e. The summed E-state index contributed by atoms with van der Waals surface area (Å²) in [6, 6.07) is 20.3. The number of fused-ring (bicyclic) bond motifs is 1. The molecule has 0 saturated carbocycles. The summed E-state index contributed by atoms with van der Waals surface area (Å²) in [4.78, 5) is 0. The Balaban J connectivity index is 0.000000338. The standard InChI is InChI=1S/C17H20N.ClHO4/c1-13-17(14-9-5-4-6-10-14)15-11-7-8-12-16(15)18(13,2)3;2-1(3,4)5/h4-13,17H,1-3H3;(H,2,3,4,5)/q+1;/p-1. The lowest BCUT2D eigenvalue weighted by atomic mass is 9.88. The highest BCUT2D eigenvalue weighted by molar-refractivity contribution is 5.60. The maximum Gasteiger partial charge on any atom is 0.136 e. The van der Waals surface area contributed by atoms with Crippen LogP contribution in [0, 0.1) is 10.2 Å². The number of nitrogens with zero attached hydrogens (tertiary/aromatic N) is 1. The topological polar surface area (TPSA) is 92.2 Å². The lowest BCUT2D eigenvalue weighted by Gasteiger charge is -2.31. The predicted molar refractivity (Wildman–Crippen MR) is 77.8 cm³/mol. The van der Waals surface area contributed by atoms with Crippen molar-refractivity contribution in [3.05, 3.63) is 65.7 Å². The summed E-state index contributed by atoms with van der Waals surface area (Å²) in [6.07, 6.45) is 0. The first-order chi connectivity index (χ1) is 10.6. The van der Waals surface area contributed by atoms with Crippen molar-refractivity contribution in [2.24, 2.45) is 0 Å². The second-order valence-electron chi connectivity index (χ2n) is 6.11. The molecular formula is C17H20ClNO4. The normalized spacial score (nSPS) is 22.0. The molecule has 3 rings (SSSR count). The molecule has 1 aliphatic heterocycles. The summed E-state index contributed by atoms with van der Waals surface area (Å²) in [5.74, 6) is 0.511. The van der Waals surface area contributed by atoms with Gasteiger partial charge in [-0.15, -0.1) is 10.2 Å². The number of benzene rings is 2. The highest BCUT2D eigenvalue weighted by Crippen LogP contribution is 2.46. The van der Waals surface area contributed by atoms with Crippen LogP contribution in [0.15, 0.2) is 54.6 Å². The Labute approximate surface area is 138 Å². The molecule has 0 aliphatic carbocycles. The first-order valence-electron chi connectivity index (χ1n) is 7.22. The van der Waals surface area contributed by atoms with Gasteiger partial charge in [0.2, 0.25) is 0 Å². The predicted octanol–water partition coefficient (Wildman–Crippen LogP) is -0.968. The molecule has 0 bridgehead atoms. The summed E-state index contributed by atoms with van der Waals surface area (Å²) >= 11 is 0. The molecule has 2 aromatic carbocycles. The zero-order chi connectivity index (χ0) is 17.3. The van der Waals surface area contributed by atoms with E-state index in [-0.39, 0.29) is 0 Å². The monoisotopic (exact) mass is 337 g/mol. The van der Waals surface area contributed by atoms with Gasteiger partial charge in [0.25, 0.3) is 0 Å². The van der Waals surface area contributed by atoms with E-state index in [9.17, 15) is 0 Å².